The minimum Gasteiger partial charge on any atom is -0.489 e. The largest absolute Gasteiger partial charge is 0.489 e. The fourth-order valence-electron chi connectivity index (χ4n) is 4.89. The second-order valence-electron chi connectivity index (χ2n) is 9.73. The number of esters is 4. The number of hydrogen-bond donors (Lipinski definition) is 1. The van der Waals surface area contributed by atoms with Crippen molar-refractivity contribution in [1.82, 2.24) is 0 Å². The van der Waals surface area contributed by atoms with Gasteiger partial charge in [-0.05, 0) is 37.8 Å². The van der Waals surface area contributed by atoms with E-state index >= 15 is 0 Å². The fraction of sp³-hybridized carbons (Fsp3) is 0.630. The molecule has 1 saturated heterocycles. The van der Waals surface area contributed by atoms with Gasteiger partial charge in [-0.2, -0.15) is 0 Å². The van der Waals surface area contributed by atoms with E-state index in [1.54, 1.807) is 7.11 Å². The molecule has 12 nitrogen and oxygen atoms in total. The van der Waals surface area contributed by atoms with Gasteiger partial charge in [-0.3, -0.25) is 19.2 Å². The zero-order chi connectivity index (χ0) is 29.6. The summed E-state index contributed by atoms with van der Waals surface area (Å²) < 4.78 is 38.8. The number of carbonyl (C=O) groups excluding carboxylic acids is 4. The van der Waals surface area contributed by atoms with Crippen molar-refractivity contribution in [1.29, 1.82) is 0 Å². The van der Waals surface area contributed by atoms with E-state index in [4.69, 9.17) is 44.8 Å². The molecule has 1 aromatic rings. The Morgan fingerprint density at radius 1 is 0.900 bits per heavy atom. The van der Waals surface area contributed by atoms with Crippen molar-refractivity contribution >= 4 is 35.5 Å². The summed E-state index contributed by atoms with van der Waals surface area (Å²) in [6, 6.07) is 4.33. The van der Waals surface area contributed by atoms with Crippen LogP contribution in [0.3, 0.4) is 0 Å². The number of rotatable bonds is 9. The zero-order valence-electron chi connectivity index (χ0n) is 23.0. The summed E-state index contributed by atoms with van der Waals surface area (Å²) in [6.07, 6.45) is -2.96. The van der Waals surface area contributed by atoms with Crippen LogP contribution in [0.2, 0.25) is 5.02 Å². The van der Waals surface area contributed by atoms with E-state index in [0.717, 1.165) is 53.4 Å². The van der Waals surface area contributed by atoms with E-state index in [9.17, 15) is 24.3 Å². The van der Waals surface area contributed by atoms with E-state index in [1.807, 2.05) is 0 Å². The van der Waals surface area contributed by atoms with Crippen molar-refractivity contribution in [3.63, 3.8) is 0 Å². The molecule has 3 rings (SSSR count). The second-order valence-corrected chi connectivity index (χ2v) is 10.1. The quantitative estimate of drug-likeness (QED) is 0.334. The topological polar surface area (TPSA) is 153 Å². The zero-order valence-corrected chi connectivity index (χ0v) is 23.8. The standard InChI is InChI=1S/C27H35ClO12/c1-14(29)35-13-23-24(36-15(2)30)25(37-16(3)31)26(38-17(4)32)27(33,40-23)18-6-11-21(28)22(12-18)39-20-9-7-19(34-5)8-10-20/h6,11-12,19-20,23-26,33H,7-10,13H2,1-5H3/t19?,20?,23-,24-,25+,26-,27-/m1/s1. The maximum atomic E-state index is 12.2. The van der Waals surface area contributed by atoms with Crippen LogP contribution in [0, 0.1) is 0 Å². The Morgan fingerprint density at radius 3 is 2.02 bits per heavy atom. The lowest BCUT2D eigenvalue weighted by Crippen LogP contribution is -2.66. The Bertz CT molecular complexity index is 1090. The van der Waals surface area contributed by atoms with Gasteiger partial charge in [0.25, 0.3) is 0 Å². The molecule has 1 aliphatic heterocycles. The van der Waals surface area contributed by atoms with Gasteiger partial charge in [0.2, 0.25) is 11.9 Å². The molecular formula is C27H35ClO12. The molecule has 0 radical (unpaired) electrons. The molecule has 0 aromatic heterocycles. The summed E-state index contributed by atoms with van der Waals surface area (Å²) in [7, 11) is 1.67. The monoisotopic (exact) mass is 586 g/mol. The summed E-state index contributed by atoms with van der Waals surface area (Å²) in [5.41, 5.74) is 0.0370. The van der Waals surface area contributed by atoms with Crippen LogP contribution in [0.15, 0.2) is 18.2 Å². The number of benzene rings is 1. The lowest BCUT2D eigenvalue weighted by atomic mass is 9.87. The average Bonchev–Trinajstić information content (AvgIpc) is 2.87. The van der Waals surface area contributed by atoms with Crippen molar-refractivity contribution < 1.29 is 57.4 Å². The van der Waals surface area contributed by atoms with Crippen LogP contribution in [0.5, 0.6) is 5.75 Å². The smallest absolute Gasteiger partial charge is 0.303 e. The van der Waals surface area contributed by atoms with E-state index in [0.29, 0.717) is 0 Å². The van der Waals surface area contributed by atoms with Crippen LogP contribution in [0.1, 0.15) is 58.9 Å². The molecule has 1 aliphatic carbocycles. The van der Waals surface area contributed by atoms with Gasteiger partial charge >= 0.3 is 23.9 Å². The highest BCUT2D eigenvalue weighted by atomic mass is 35.5. The Morgan fingerprint density at radius 2 is 1.48 bits per heavy atom. The van der Waals surface area contributed by atoms with Crippen LogP contribution < -0.4 is 4.74 Å². The highest BCUT2D eigenvalue weighted by molar-refractivity contribution is 6.32. The van der Waals surface area contributed by atoms with E-state index < -0.39 is 60.7 Å². The van der Waals surface area contributed by atoms with Gasteiger partial charge in [-0.15, -0.1) is 0 Å². The van der Waals surface area contributed by atoms with Gasteiger partial charge in [0.1, 0.15) is 18.5 Å². The second kappa shape index (κ2) is 13.6. The third kappa shape index (κ3) is 7.84. The molecule has 13 heteroatoms. The molecule has 1 saturated carbocycles. The Balaban J connectivity index is 2.05. The normalized spacial score (nSPS) is 30.1. The highest BCUT2D eigenvalue weighted by Gasteiger charge is 2.60. The number of methoxy groups -OCH3 is 1. The molecule has 5 atom stereocenters. The lowest BCUT2D eigenvalue weighted by molar-refractivity contribution is -0.360. The molecule has 1 aromatic carbocycles. The van der Waals surface area contributed by atoms with Gasteiger partial charge in [0.15, 0.2) is 12.2 Å². The molecule has 1 N–H and O–H groups in total. The van der Waals surface area contributed by atoms with Crippen molar-refractivity contribution in [2.75, 3.05) is 13.7 Å². The van der Waals surface area contributed by atoms with Gasteiger partial charge in [-0.25, -0.2) is 0 Å². The van der Waals surface area contributed by atoms with Crippen molar-refractivity contribution in [3.8, 4) is 5.75 Å². The Labute approximate surface area is 237 Å². The van der Waals surface area contributed by atoms with Crippen LogP contribution in [-0.2, 0) is 53.4 Å². The number of halogens is 1. The number of ether oxygens (including phenoxy) is 7. The lowest BCUT2D eigenvalue weighted by Gasteiger charge is -2.48. The average molecular weight is 587 g/mol. The van der Waals surface area contributed by atoms with E-state index in [1.165, 1.54) is 18.2 Å². The minimum absolute atomic E-state index is 0.0370. The number of aliphatic hydroxyl groups is 1. The first-order valence-corrected chi connectivity index (χ1v) is 13.3. The molecule has 0 spiro atoms. The van der Waals surface area contributed by atoms with Crippen molar-refractivity contribution in [2.45, 2.75) is 95.8 Å². The molecule has 40 heavy (non-hydrogen) atoms. The van der Waals surface area contributed by atoms with Gasteiger partial charge in [0, 0.05) is 40.4 Å². The number of hydrogen-bond acceptors (Lipinski definition) is 12. The Hall–Kier alpha value is -2.93. The summed E-state index contributed by atoms with van der Waals surface area (Å²) >= 11 is 6.43. The summed E-state index contributed by atoms with van der Waals surface area (Å²) in [5, 5.41) is 12.3. The third-order valence-corrected chi connectivity index (χ3v) is 6.96. The van der Waals surface area contributed by atoms with Gasteiger partial charge < -0.3 is 38.3 Å². The summed E-state index contributed by atoms with van der Waals surface area (Å²) in [5.74, 6) is -5.36. The molecule has 0 amide bonds. The maximum absolute atomic E-state index is 12.2. The molecule has 0 unspecified atom stereocenters. The summed E-state index contributed by atoms with van der Waals surface area (Å²) in [6.45, 7) is 3.96. The minimum atomic E-state index is -2.48. The molecule has 2 fully saturated rings. The molecular weight excluding hydrogens is 552 g/mol. The first kappa shape index (κ1) is 31.6. The molecule has 0 bridgehead atoms. The van der Waals surface area contributed by atoms with Crippen LogP contribution in [-0.4, -0.2) is 79.3 Å². The van der Waals surface area contributed by atoms with Crippen LogP contribution in [0.25, 0.3) is 0 Å². The predicted octanol–water partition coefficient (Wildman–Crippen LogP) is 2.58. The van der Waals surface area contributed by atoms with Gasteiger partial charge in [-0.1, -0.05) is 17.7 Å². The van der Waals surface area contributed by atoms with E-state index in [-0.39, 0.29) is 28.5 Å². The Kier molecular flexibility index (Phi) is 10.8. The van der Waals surface area contributed by atoms with Crippen LogP contribution >= 0.6 is 11.6 Å². The third-order valence-electron chi connectivity index (χ3n) is 6.65. The SMILES string of the molecule is COC1CCC(Oc2cc([C@@]3(O)O[C@H](COC(C)=O)[C@@H](OC(C)=O)[C@H](OC(C)=O)[C@H]3OC(C)=O)ccc2Cl)CC1. The van der Waals surface area contributed by atoms with E-state index in [2.05, 4.69) is 0 Å². The molecule has 1 heterocycles. The van der Waals surface area contributed by atoms with Crippen molar-refractivity contribution in [2.24, 2.45) is 0 Å². The number of carbonyl (C=O) groups is 4. The molecule has 2 aliphatic rings. The highest BCUT2D eigenvalue weighted by Crippen LogP contribution is 2.43. The maximum Gasteiger partial charge on any atom is 0.303 e. The fourth-order valence-corrected chi connectivity index (χ4v) is 5.06. The summed E-state index contributed by atoms with van der Waals surface area (Å²) in [4.78, 5) is 47.8. The predicted molar refractivity (Wildman–Crippen MR) is 137 cm³/mol. The van der Waals surface area contributed by atoms with Gasteiger partial charge in [0.05, 0.1) is 17.2 Å². The van der Waals surface area contributed by atoms with Crippen molar-refractivity contribution in [3.05, 3.63) is 28.8 Å². The first-order chi connectivity index (χ1) is 18.8. The first-order valence-electron chi connectivity index (χ1n) is 12.9. The molecule has 222 valence electrons. The van der Waals surface area contributed by atoms with Crippen LogP contribution in [0.4, 0.5) is 0 Å².